The minimum atomic E-state index is 0. The van der Waals surface area contributed by atoms with E-state index in [0.717, 1.165) is 34.7 Å². The van der Waals surface area contributed by atoms with E-state index in [1.165, 1.54) is 4.88 Å². The number of hydrogen-bond donors (Lipinski definition) is 2. The summed E-state index contributed by atoms with van der Waals surface area (Å²) >= 11 is 1.70. The summed E-state index contributed by atoms with van der Waals surface area (Å²) in [5, 5.41) is 7.72. The van der Waals surface area contributed by atoms with E-state index in [0.29, 0.717) is 6.54 Å². The van der Waals surface area contributed by atoms with E-state index < -0.39 is 0 Å². The van der Waals surface area contributed by atoms with Crippen LogP contribution in [0.1, 0.15) is 47.0 Å². The molecule has 0 aliphatic rings. The topological polar surface area (TPSA) is 62.5 Å². The van der Waals surface area contributed by atoms with Gasteiger partial charge in [0.1, 0.15) is 11.5 Å². The standard InChI is InChI=1S/C16H24N4OS.HI/c1-6-17-16(18-9-15-12(4)19-13(5)22-15)20-11(3)14-8-7-10(2)21-14;/h7-8,11H,6,9H2,1-5H3,(H2,17,18,20);1H. The fourth-order valence-electron chi connectivity index (χ4n) is 2.15. The van der Waals surface area contributed by atoms with Crippen molar-refractivity contribution in [2.75, 3.05) is 6.54 Å². The van der Waals surface area contributed by atoms with Crippen LogP contribution in [0, 0.1) is 20.8 Å². The zero-order valence-electron chi connectivity index (χ0n) is 14.3. The molecule has 0 spiro atoms. The fourth-order valence-corrected chi connectivity index (χ4v) is 3.02. The number of aryl methyl sites for hydroxylation is 3. The Morgan fingerprint density at radius 3 is 2.61 bits per heavy atom. The van der Waals surface area contributed by atoms with Gasteiger partial charge < -0.3 is 15.1 Å². The molecule has 0 amide bonds. The number of nitrogens with zero attached hydrogens (tertiary/aromatic N) is 2. The summed E-state index contributed by atoms with van der Waals surface area (Å²) in [6.07, 6.45) is 0. The van der Waals surface area contributed by atoms with Gasteiger partial charge in [0.25, 0.3) is 0 Å². The maximum absolute atomic E-state index is 5.66. The molecule has 0 saturated heterocycles. The van der Waals surface area contributed by atoms with Crippen molar-refractivity contribution in [3.05, 3.63) is 39.2 Å². The van der Waals surface area contributed by atoms with E-state index in [-0.39, 0.29) is 30.0 Å². The molecule has 5 nitrogen and oxygen atoms in total. The van der Waals surface area contributed by atoms with Crippen molar-refractivity contribution in [3.8, 4) is 0 Å². The maximum atomic E-state index is 5.66. The van der Waals surface area contributed by atoms with Crippen LogP contribution in [0.3, 0.4) is 0 Å². The summed E-state index contributed by atoms with van der Waals surface area (Å²) < 4.78 is 5.66. The molecule has 2 rings (SSSR count). The lowest BCUT2D eigenvalue weighted by Gasteiger charge is -2.16. The van der Waals surface area contributed by atoms with Crippen molar-refractivity contribution in [1.82, 2.24) is 15.6 Å². The van der Waals surface area contributed by atoms with Crippen LogP contribution in [-0.2, 0) is 6.54 Å². The molecule has 0 radical (unpaired) electrons. The lowest BCUT2D eigenvalue weighted by molar-refractivity contribution is 0.441. The van der Waals surface area contributed by atoms with Crippen molar-refractivity contribution in [3.63, 3.8) is 0 Å². The molecule has 0 aliphatic heterocycles. The molecule has 7 heteroatoms. The van der Waals surface area contributed by atoms with Crippen LogP contribution >= 0.6 is 35.3 Å². The third-order valence-electron chi connectivity index (χ3n) is 3.27. The third-order valence-corrected chi connectivity index (χ3v) is 4.32. The van der Waals surface area contributed by atoms with Gasteiger partial charge in [-0.15, -0.1) is 35.3 Å². The van der Waals surface area contributed by atoms with Crippen LogP contribution in [0.25, 0.3) is 0 Å². The monoisotopic (exact) mass is 448 g/mol. The number of hydrogen-bond acceptors (Lipinski definition) is 4. The first-order valence-electron chi connectivity index (χ1n) is 7.53. The van der Waals surface area contributed by atoms with Gasteiger partial charge in [-0.2, -0.15) is 0 Å². The van der Waals surface area contributed by atoms with Crippen LogP contribution in [0.15, 0.2) is 21.5 Å². The lowest BCUT2D eigenvalue weighted by Crippen LogP contribution is -2.38. The molecule has 0 fully saturated rings. The second kappa shape index (κ2) is 9.27. The van der Waals surface area contributed by atoms with E-state index in [9.17, 15) is 0 Å². The molecule has 128 valence electrons. The molecule has 2 heterocycles. The summed E-state index contributed by atoms with van der Waals surface area (Å²) in [6.45, 7) is 11.6. The highest BCUT2D eigenvalue weighted by Gasteiger charge is 2.11. The Kier molecular flexibility index (Phi) is 8.04. The number of rotatable bonds is 5. The number of thiazole rings is 1. The minimum absolute atomic E-state index is 0. The van der Waals surface area contributed by atoms with Gasteiger partial charge in [-0.3, -0.25) is 0 Å². The number of guanidine groups is 1. The number of furan rings is 1. The average molecular weight is 448 g/mol. The molecule has 0 aromatic carbocycles. The summed E-state index contributed by atoms with van der Waals surface area (Å²) in [7, 11) is 0. The first kappa shape index (κ1) is 20.0. The Hall–Kier alpha value is -1.09. The molecule has 2 aromatic heterocycles. The Bertz CT molecular complexity index is 650. The van der Waals surface area contributed by atoms with Crippen molar-refractivity contribution < 1.29 is 4.42 Å². The molecular weight excluding hydrogens is 423 g/mol. The van der Waals surface area contributed by atoms with Crippen molar-refractivity contribution in [2.24, 2.45) is 4.99 Å². The van der Waals surface area contributed by atoms with Gasteiger partial charge in [0.15, 0.2) is 5.96 Å². The van der Waals surface area contributed by atoms with Crippen molar-refractivity contribution in [1.29, 1.82) is 0 Å². The second-order valence-corrected chi connectivity index (χ2v) is 6.54. The predicted molar refractivity (Wildman–Crippen MR) is 107 cm³/mol. The number of aromatic nitrogens is 1. The first-order chi connectivity index (χ1) is 10.5. The SMILES string of the molecule is CCNC(=NCc1sc(C)nc1C)NC(C)c1ccc(C)o1.I. The number of nitrogens with one attached hydrogen (secondary N) is 2. The van der Waals surface area contributed by atoms with Crippen molar-refractivity contribution >= 4 is 41.3 Å². The third kappa shape index (κ3) is 5.80. The maximum Gasteiger partial charge on any atom is 0.192 e. The second-order valence-electron chi connectivity index (χ2n) is 5.25. The molecule has 0 bridgehead atoms. The Morgan fingerprint density at radius 1 is 1.35 bits per heavy atom. The van der Waals surface area contributed by atoms with Crippen LogP contribution in [-0.4, -0.2) is 17.5 Å². The van der Waals surface area contributed by atoms with E-state index in [4.69, 9.17) is 4.42 Å². The highest BCUT2D eigenvalue weighted by molar-refractivity contribution is 14.0. The van der Waals surface area contributed by atoms with Gasteiger partial charge >= 0.3 is 0 Å². The van der Waals surface area contributed by atoms with Gasteiger partial charge in [0.2, 0.25) is 0 Å². The molecule has 0 aliphatic carbocycles. The van der Waals surface area contributed by atoms with Gasteiger partial charge in [-0.05, 0) is 46.8 Å². The highest BCUT2D eigenvalue weighted by Crippen LogP contribution is 2.18. The van der Waals surface area contributed by atoms with Crippen LogP contribution in [0.2, 0.25) is 0 Å². The van der Waals surface area contributed by atoms with Crippen LogP contribution < -0.4 is 10.6 Å². The number of halogens is 1. The minimum Gasteiger partial charge on any atom is -0.464 e. The molecule has 2 aromatic rings. The van der Waals surface area contributed by atoms with Gasteiger partial charge in [0, 0.05) is 11.4 Å². The zero-order valence-corrected chi connectivity index (χ0v) is 17.4. The Labute approximate surface area is 159 Å². The van der Waals surface area contributed by atoms with Crippen LogP contribution in [0.5, 0.6) is 0 Å². The fraction of sp³-hybridized carbons (Fsp3) is 0.500. The largest absolute Gasteiger partial charge is 0.464 e. The number of aliphatic imine (C=N–C) groups is 1. The van der Waals surface area contributed by atoms with Gasteiger partial charge in [-0.1, -0.05) is 0 Å². The lowest BCUT2D eigenvalue weighted by atomic mass is 10.2. The summed E-state index contributed by atoms with van der Waals surface area (Å²) in [5.41, 5.74) is 1.07. The predicted octanol–water partition coefficient (Wildman–Crippen LogP) is 4.10. The molecular formula is C16H25IN4OS. The summed E-state index contributed by atoms with van der Waals surface area (Å²) in [5.74, 6) is 2.61. The van der Waals surface area contributed by atoms with E-state index in [1.807, 2.05) is 32.9 Å². The molecule has 0 saturated carbocycles. The van der Waals surface area contributed by atoms with Crippen LogP contribution in [0.4, 0.5) is 0 Å². The molecule has 23 heavy (non-hydrogen) atoms. The van der Waals surface area contributed by atoms with Crippen molar-refractivity contribution in [2.45, 2.75) is 47.2 Å². The molecule has 1 atom stereocenters. The molecule has 2 N–H and O–H groups in total. The Balaban J connectivity index is 0.00000264. The summed E-state index contributed by atoms with van der Waals surface area (Å²) in [4.78, 5) is 10.3. The van der Waals surface area contributed by atoms with E-state index >= 15 is 0 Å². The normalized spacial score (nSPS) is 12.7. The van der Waals surface area contributed by atoms with Gasteiger partial charge in [0.05, 0.1) is 23.3 Å². The van der Waals surface area contributed by atoms with Gasteiger partial charge in [-0.25, -0.2) is 9.98 Å². The highest BCUT2D eigenvalue weighted by atomic mass is 127. The zero-order chi connectivity index (χ0) is 16.1. The van der Waals surface area contributed by atoms with E-state index in [1.54, 1.807) is 11.3 Å². The van der Waals surface area contributed by atoms with E-state index in [2.05, 4.69) is 34.5 Å². The Morgan fingerprint density at radius 2 is 2.09 bits per heavy atom. The summed E-state index contributed by atoms with van der Waals surface area (Å²) in [6, 6.07) is 4.03. The smallest absolute Gasteiger partial charge is 0.192 e. The molecule has 1 unspecified atom stereocenters. The first-order valence-corrected chi connectivity index (χ1v) is 8.35. The quantitative estimate of drug-likeness (QED) is 0.411. The average Bonchev–Trinajstić information content (AvgIpc) is 3.02.